The molecule has 1 aromatic rings. The number of hydrogen-bond donors (Lipinski definition) is 3. The molecule has 6 nitrogen and oxygen atoms in total. The molecule has 0 bridgehead atoms. The van der Waals surface area contributed by atoms with Gasteiger partial charge in [-0.3, -0.25) is 10.1 Å². The molecule has 0 saturated heterocycles. The molecule has 6 heteroatoms. The van der Waals surface area contributed by atoms with E-state index in [4.69, 9.17) is 5.73 Å². The lowest BCUT2D eigenvalue weighted by molar-refractivity contribution is -0.385. The molecule has 1 rings (SSSR count). The zero-order valence-electron chi connectivity index (χ0n) is 7.25. The van der Waals surface area contributed by atoms with Gasteiger partial charge < -0.3 is 15.9 Å². The average molecular weight is 198 g/mol. The van der Waals surface area contributed by atoms with Gasteiger partial charge in [0.1, 0.15) is 5.75 Å². The fourth-order valence-electron chi connectivity index (χ4n) is 1.05. The molecule has 0 aliphatic heterocycles. The van der Waals surface area contributed by atoms with E-state index in [9.17, 15) is 20.3 Å². The van der Waals surface area contributed by atoms with E-state index >= 15 is 0 Å². The minimum absolute atomic E-state index is 0.0710. The predicted octanol–water partition coefficient (Wildman–Crippen LogP) is 0.292. The van der Waals surface area contributed by atoms with Crippen LogP contribution < -0.4 is 5.73 Å². The number of nitro groups is 1. The van der Waals surface area contributed by atoms with Gasteiger partial charge in [0, 0.05) is 24.2 Å². The number of aliphatic hydroxyl groups excluding tert-OH is 1. The molecule has 4 N–H and O–H groups in total. The highest BCUT2D eigenvalue weighted by Gasteiger charge is 2.15. The van der Waals surface area contributed by atoms with Crippen LogP contribution in [0.2, 0.25) is 0 Å². The highest BCUT2D eigenvalue weighted by atomic mass is 16.6. The normalized spacial score (nSPS) is 12.4. The number of phenolic OH excluding ortho intramolecular Hbond substituents is 1. The number of rotatable bonds is 3. The monoisotopic (exact) mass is 198 g/mol. The van der Waals surface area contributed by atoms with Gasteiger partial charge in [-0.1, -0.05) is 0 Å². The molecule has 0 radical (unpaired) electrons. The Labute approximate surface area is 79.7 Å². The maximum atomic E-state index is 10.4. The van der Waals surface area contributed by atoms with Crippen molar-refractivity contribution in [3.05, 3.63) is 33.9 Å². The van der Waals surface area contributed by atoms with Crippen molar-refractivity contribution in [1.82, 2.24) is 0 Å². The van der Waals surface area contributed by atoms with Gasteiger partial charge in [-0.25, -0.2) is 0 Å². The van der Waals surface area contributed by atoms with E-state index in [1.165, 1.54) is 0 Å². The topological polar surface area (TPSA) is 110 Å². The SMILES string of the molecule is NC[C@H](O)c1cc([N+](=O)[O-])ccc1O. The first kappa shape index (κ1) is 10.4. The van der Waals surface area contributed by atoms with Gasteiger partial charge >= 0.3 is 0 Å². The molecule has 0 aliphatic carbocycles. The van der Waals surface area contributed by atoms with Gasteiger partial charge in [0.15, 0.2) is 0 Å². The Morgan fingerprint density at radius 1 is 1.57 bits per heavy atom. The van der Waals surface area contributed by atoms with Gasteiger partial charge in [0.25, 0.3) is 5.69 Å². The zero-order chi connectivity index (χ0) is 10.7. The molecule has 14 heavy (non-hydrogen) atoms. The first-order valence-corrected chi connectivity index (χ1v) is 3.91. The zero-order valence-corrected chi connectivity index (χ0v) is 7.25. The minimum Gasteiger partial charge on any atom is -0.508 e. The number of nitro benzene ring substituents is 1. The number of non-ortho nitro benzene ring substituents is 1. The van der Waals surface area contributed by atoms with Crippen molar-refractivity contribution < 1.29 is 15.1 Å². The number of aliphatic hydroxyl groups is 1. The summed E-state index contributed by atoms with van der Waals surface area (Å²) in [5.74, 6) is -0.200. The van der Waals surface area contributed by atoms with Crippen molar-refractivity contribution in [2.75, 3.05) is 6.54 Å². The van der Waals surface area contributed by atoms with Crippen LogP contribution in [0.15, 0.2) is 18.2 Å². The van der Waals surface area contributed by atoms with Gasteiger partial charge in [0.05, 0.1) is 11.0 Å². The second kappa shape index (κ2) is 4.03. The molecule has 0 fully saturated rings. The number of nitrogens with two attached hydrogens (primary N) is 1. The quantitative estimate of drug-likeness (QED) is 0.477. The molecule has 0 aliphatic rings. The third-order valence-corrected chi connectivity index (χ3v) is 1.80. The van der Waals surface area contributed by atoms with Crippen LogP contribution in [0.5, 0.6) is 5.75 Å². The lowest BCUT2D eigenvalue weighted by Crippen LogP contribution is -2.11. The van der Waals surface area contributed by atoms with Gasteiger partial charge in [0.2, 0.25) is 0 Å². The highest BCUT2D eigenvalue weighted by Crippen LogP contribution is 2.27. The Balaban J connectivity index is 3.14. The van der Waals surface area contributed by atoms with Crippen LogP contribution in [0.4, 0.5) is 5.69 Å². The Kier molecular flexibility index (Phi) is 3.00. The molecule has 0 spiro atoms. The number of benzene rings is 1. The molecule has 0 heterocycles. The Hall–Kier alpha value is -1.66. The Morgan fingerprint density at radius 2 is 2.21 bits per heavy atom. The average Bonchev–Trinajstić information content (AvgIpc) is 2.17. The molecule has 0 aromatic heterocycles. The van der Waals surface area contributed by atoms with Gasteiger partial charge in [-0.2, -0.15) is 0 Å². The summed E-state index contributed by atoms with van der Waals surface area (Å²) in [5.41, 5.74) is 5.05. The van der Waals surface area contributed by atoms with Crippen molar-refractivity contribution in [1.29, 1.82) is 0 Å². The van der Waals surface area contributed by atoms with Crippen molar-refractivity contribution >= 4 is 5.69 Å². The summed E-state index contributed by atoms with van der Waals surface area (Å²) in [6.45, 7) is -0.102. The molecule has 0 unspecified atom stereocenters. The van der Waals surface area contributed by atoms with E-state index in [1.54, 1.807) is 0 Å². The first-order chi connectivity index (χ1) is 6.56. The molecular formula is C8H10N2O4. The van der Waals surface area contributed by atoms with E-state index in [2.05, 4.69) is 0 Å². The summed E-state index contributed by atoms with van der Waals surface area (Å²) < 4.78 is 0. The van der Waals surface area contributed by atoms with Crippen LogP contribution in [-0.4, -0.2) is 21.7 Å². The third kappa shape index (κ3) is 1.98. The van der Waals surface area contributed by atoms with Crippen LogP contribution >= 0.6 is 0 Å². The van der Waals surface area contributed by atoms with Gasteiger partial charge in [-0.15, -0.1) is 0 Å². The van der Waals surface area contributed by atoms with Crippen LogP contribution in [0.3, 0.4) is 0 Å². The largest absolute Gasteiger partial charge is 0.508 e. The van der Waals surface area contributed by atoms with Crippen molar-refractivity contribution in [3.8, 4) is 5.75 Å². The third-order valence-electron chi connectivity index (χ3n) is 1.80. The number of hydrogen-bond acceptors (Lipinski definition) is 5. The summed E-state index contributed by atoms with van der Waals surface area (Å²) in [4.78, 5) is 9.78. The van der Waals surface area contributed by atoms with Crippen LogP contribution in [0.1, 0.15) is 11.7 Å². The van der Waals surface area contributed by atoms with E-state index in [0.717, 1.165) is 18.2 Å². The molecule has 0 amide bonds. The fourth-order valence-corrected chi connectivity index (χ4v) is 1.05. The summed E-state index contributed by atoms with van der Waals surface area (Å²) in [7, 11) is 0. The summed E-state index contributed by atoms with van der Waals surface area (Å²) in [5, 5.41) is 29.0. The maximum absolute atomic E-state index is 10.4. The maximum Gasteiger partial charge on any atom is 0.270 e. The van der Waals surface area contributed by atoms with E-state index in [1.807, 2.05) is 0 Å². The summed E-state index contributed by atoms with van der Waals surface area (Å²) in [6, 6.07) is 3.42. The summed E-state index contributed by atoms with van der Waals surface area (Å²) in [6.07, 6.45) is -1.09. The molecule has 76 valence electrons. The van der Waals surface area contributed by atoms with Crippen molar-refractivity contribution in [2.45, 2.75) is 6.10 Å². The standard InChI is InChI=1S/C8H10N2O4/c9-4-8(12)6-3-5(10(13)14)1-2-7(6)11/h1-3,8,11-12H,4,9H2/t8-/m0/s1. The first-order valence-electron chi connectivity index (χ1n) is 3.91. The predicted molar refractivity (Wildman–Crippen MR) is 48.8 cm³/mol. The lowest BCUT2D eigenvalue weighted by Gasteiger charge is -2.09. The highest BCUT2D eigenvalue weighted by molar-refractivity contribution is 5.44. The van der Waals surface area contributed by atoms with E-state index in [0.29, 0.717) is 0 Å². The Bertz CT molecular complexity index is 353. The van der Waals surface area contributed by atoms with E-state index in [-0.39, 0.29) is 23.5 Å². The van der Waals surface area contributed by atoms with Crippen LogP contribution in [0.25, 0.3) is 0 Å². The van der Waals surface area contributed by atoms with Crippen LogP contribution in [0, 0.1) is 10.1 Å². The minimum atomic E-state index is -1.09. The summed E-state index contributed by atoms with van der Waals surface area (Å²) >= 11 is 0. The van der Waals surface area contributed by atoms with Crippen molar-refractivity contribution in [3.63, 3.8) is 0 Å². The second-order valence-electron chi connectivity index (χ2n) is 2.75. The van der Waals surface area contributed by atoms with Crippen molar-refractivity contribution in [2.24, 2.45) is 5.73 Å². The lowest BCUT2D eigenvalue weighted by atomic mass is 10.1. The number of aromatic hydroxyl groups is 1. The fraction of sp³-hybridized carbons (Fsp3) is 0.250. The molecular weight excluding hydrogens is 188 g/mol. The van der Waals surface area contributed by atoms with Gasteiger partial charge in [-0.05, 0) is 6.07 Å². The van der Waals surface area contributed by atoms with Crippen LogP contribution in [-0.2, 0) is 0 Å². The molecule has 0 saturated carbocycles. The van der Waals surface area contributed by atoms with E-state index < -0.39 is 11.0 Å². The number of phenols is 1. The smallest absolute Gasteiger partial charge is 0.270 e. The molecule has 1 aromatic carbocycles. The Morgan fingerprint density at radius 3 is 2.71 bits per heavy atom. The molecule has 1 atom stereocenters. The number of nitrogens with zero attached hydrogens (tertiary/aromatic N) is 1. The second-order valence-corrected chi connectivity index (χ2v) is 2.75.